The van der Waals surface area contributed by atoms with Crippen molar-refractivity contribution in [2.75, 3.05) is 6.61 Å². The van der Waals surface area contributed by atoms with Crippen molar-refractivity contribution in [1.29, 1.82) is 0 Å². The second kappa shape index (κ2) is 4.18. The van der Waals surface area contributed by atoms with Gasteiger partial charge in [0.15, 0.2) is 0 Å². The average Bonchev–Trinajstić information content (AvgIpc) is 2.31. The van der Waals surface area contributed by atoms with Crippen LogP contribution in [0.3, 0.4) is 0 Å². The SMILES string of the molecule is C=C1/C=C\C=C/COc2ccc(C)cc21. The molecule has 1 aromatic rings. The first-order valence-electron chi connectivity index (χ1n) is 5.03. The number of benzene rings is 1. The molecule has 1 aliphatic rings. The lowest BCUT2D eigenvalue weighted by atomic mass is 10.0. The minimum Gasteiger partial charge on any atom is -0.489 e. The van der Waals surface area contributed by atoms with Gasteiger partial charge in [-0.3, -0.25) is 0 Å². The van der Waals surface area contributed by atoms with Crippen LogP contribution in [0.4, 0.5) is 0 Å². The van der Waals surface area contributed by atoms with Gasteiger partial charge >= 0.3 is 0 Å². The summed E-state index contributed by atoms with van der Waals surface area (Å²) in [6, 6.07) is 6.16. The smallest absolute Gasteiger partial charge is 0.127 e. The van der Waals surface area contributed by atoms with Gasteiger partial charge in [-0.2, -0.15) is 0 Å². The predicted molar refractivity (Wildman–Crippen MR) is 64.0 cm³/mol. The van der Waals surface area contributed by atoms with Gasteiger partial charge in [0.05, 0.1) is 0 Å². The normalized spacial score (nSPS) is 19.1. The third kappa shape index (κ3) is 2.18. The summed E-state index contributed by atoms with van der Waals surface area (Å²) in [5, 5.41) is 0. The Morgan fingerprint density at radius 3 is 3.00 bits per heavy atom. The van der Waals surface area contributed by atoms with Gasteiger partial charge in [0.1, 0.15) is 12.4 Å². The molecule has 1 nitrogen and oxygen atoms in total. The van der Waals surface area contributed by atoms with Gasteiger partial charge in [-0.15, -0.1) is 0 Å². The summed E-state index contributed by atoms with van der Waals surface area (Å²) in [7, 11) is 0. The highest BCUT2D eigenvalue weighted by Crippen LogP contribution is 2.27. The topological polar surface area (TPSA) is 9.23 Å². The molecule has 15 heavy (non-hydrogen) atoms. The molecule has 1 aromatic carbocycles. The largest absolute Gasteiger partial charge is 0.489 e. The third-order valence-corrected chi connectivity index (χ3v) is 2.36. The highest BCUT2D eigenvalue weighted by molar-refractivity contribution is 5.76. The molecule has 1 aliphatic heterocycles. The first-order chi connectivity index (χ1) is 7.27. The zero-order valence-electron chi connectivity index (χ0n) is 8.86. The summed E-state index contributed by atoms with van der Waals surface area (Å²) in [6.07, 6.45) is 7.95. The summed E-state index contributed by atoms with van der Waals surface area (Å²) in [4.78, 5) is 0. The van der Waals surface area contributed by atoms with Crippen molar-refractivity contribution in [1.82, 2.24) is 0 Å². The zero-order valence-corrected chi connectivity index (χ0v) is 8.86. The highest BCUT2D eigenvalue weighted by atomic mass is 16.5. The maximum atomic E-state index is 5.65. The number of hydrogen-bond acceptors (Lipinski definition) is 1. The van der Waals surface area contributed by atoms with Gasteiger partial charge in [0, 0.05) is 5.56 Å². The van der Waals surface area contributed by atoms with Crippen LogP contribution >= 0.6 is 0 Å². The molecule has 1 heterocycles. The number of allylic oxidation sites excluding steroid dienone is 4. The molecule has 0 fully saturated rings. The molecule has 0 N–H and O–H groups in total. The molecular formula is C14H14O. The van der Waals surface area contributed by atoms with E-state index in [0.717, 1.165) is 16.9 Å². The Morgan fingerprint density at radius 2 is 2.13 bits per heavy atom. The fourth-order valence-corrected chi connectivity index (χ4v) is 1.55. The van der Waals surface area contributed by atoms with Crippen molar-refractivity contribution in [3.05, 3.63) is 60.2 Å². The van der Waals surface area contributed by atoms with E-state index >= 15 is 0 Å². The Kier molecular flexibility index (Phi) is 2.72. The van der Waals surface area contributed by atoms with Crippen LogP contribution in [-0.2, 0) is 0 Å². The second-order valence-electron chi connectivity index (χ2n) is 3.62. The summed E-state index contributed by atoms with van der Waals surface area (Å²) in [5.41, 5.74) is 3.29. The maximum Gasteiger partial charge on any atom is 0.127 e. The Balaban J connectivity index is 2.49. The van der Waals surface area contributed by atoms with Crippen LogP contribution in [0.15, 0.2) is 49.1 Å². The number of hydrogen-bond donors (Lipinski definition) is 0. The van der Waals surface area contributed by atoms with Crippen LogP contribution in [-0.4, -0.2) is 6.61 Å². The quantitative estimate of drug-likeness (QED) is 0.619. The van der Waals surface area contributed by atoms with E-state index in [1.165, 1.54) is 5.56 Å². The lowest BCUT2D eigenvalue weighted by Crippen LogP contribution is -1.96. The van der Waals surface area contributed by atoms with E-state index in [2.05, 4.69) is 25.6 Å². The van der Waals surface area contributed by atoms with E-state index in [-0.39, 0.29) is 0 Å². The summed E-state index contributed by atoms with van der Waals surface area (Å²) in [6.45, 7) is 6.72. The van der Waals surface area contributed by atoms with Crippen LogP contribution < -0.4 is 4.74 Å². The average molecular weight is 198 g/mol. The molecule has 76 valence electrons. The van der Waals surface area contributed by atoms with E-state index in [1.54, 1.807) is 0 Å². The molecule has 0 atom stereocenters. The van der Waals surface area contributed by atoms with Gasteiger partial charge in [0.2, 0.25) is 0 Å². The fraction of sp³-hybridized carbons (Fsp3) is 0.143. The third-order valence-electron chi connectivity index (χ3n) is 2.36. The number of rotatable bonds is 0. The molecule has 1 heteroatoms. The van der Waals surface area contributed by atoms with Gasteiger partial charge in [-0.1, -0.05) is 36.4 Å². The highest BCUT2D eigenvalue weighted by Gasteiger charge is 2.06. The van der Waals surface area contributed by atoms with Gasteiger partial charge in [-0.25, -0.2) is 0 Å². The molecular weight excluding hydrogens is 184 g/mol. The number of ether oxygens (including phenoxy) is 1. The second-order valence-corrected chi connectivity index (χ2v) is 3.62. The van der Waals surface area contributed by atoms with Crippen LogP contribution in [0.25, 0.3) is 5.57 Å². The van der Waals surface area contributed by atoms with Gasteiger partial charge < -0.3 is 4.74 Å². The van der Waals surface area contributed by atoms with Crippen molar-refractivity contribution in [3.63, 3.8) is 0 Å². The molecule has 0 saturated heterocycles. The Labute approximate surface area is 90.4 Å². The summed E-state index contributed by atoms with van der Waals surface area (Å²) in [5.74, 6) is 0.904. The molecule has 0 aliphatic carbocycles. The Morgan fingerprint density at radius 1 is 1.27 bits per heavy atom. The molecule has 0 spiro atoms. The molecule has 0 saturated carbocycles. The van der Waals surface area contributed by atoms with Crippen molar-refractivity contribution in [2.24, 2.45) is 0 Å². The summed E-state index contributed by atoms with van der Waals surface area (Å²) < 4.78 is 5.65. The molecule has 0 radical (unpaired) electrons. The van der Waals surface area contributed by atoms with Crippen molar-refractivity contribution in [3.8, 4) is 5.75 Å². The minimum atomic E-state index is 0.605. The molecule has 0 amide bonds. The van der Waals surface area contributed by atoms with E-state index in [4.69, 9.17) is 4.74 Å². The minimum absolute atomic E-state index is 0.605. The van der Waals surface area contributed by atoms with E-state index < -0.39 is 0 Å². The van der Waals surface area contributed by atoms with Crippen LogP contribution in [0.1, 0.15) is 11.1 Å². The fourth-order valence-electron chi connectivity index (χ4n) is 1.55. The predicted octanol–water partition coefficient (Wildman–Crippen LogP) is 3.51. The van der Waals surface area contributed by atoms with E-state index in [1.807, 2.05) is 30.4 Å². The van der Waals surface area contributed by atoms with Gasteiger partial charge in [0.25, 0.3) is 0 Å². The first-order valence-corrected chi connectivity index (χ1v) is 5.03. The standard InChI is InChI=1S/C14H14O/c1-11-7-8-14-13(10-11)12(2)6-4-3-5-9-15-14/h3-8,10H,2,9H2,1H3/b5-3-,6-4-. The van der Waals surface area contributed by atoms with Crippen LogP contribution in [0, 0.1) is 6.92 Å². The zero-order chi connectivity index (χ0) is 10.7. The van der Waals surface area contributed by atoms with Crippen LogP contribution in [0.2, 0.25) is 0 Å². The van der Waals surface area contributed by atoms with Gasteiger partial charge in [-0.05, 0) is 30.7 Å². The molecule has 2 rings (SSSR count). The lowest BCUT2D eigenvalue weighted by Gasteiger charge is -2.10. The van der Waals surface area contributed by atoms with Crippen molar-refractivity contribution in [2.45, 2.75) is 6.92 Å². The van der Waals surface area contributed by atoms with E-state index in [9.17, 15) is 0 Å². The number of aryl methyl sites for hydroxylation is 1. The Bertz CT molecular complexity index is 439. The number of fused-ring (bicyclic) bond motifs is 1. The first kappa shape index (κ1) is 9.78. The van der Waals surface area contributed by atoms with E-state index in [0.29, 0.717) is 6.61 Å². The summed E-state index contributed by atoms with van der Waals surface area (Å²) >= 11 is 0. The van der Waals surface area contributed by atoms with Crippen molar-refractivity contribution < 1.29 is 4.74 Å². The monoisotopic (exact) mass is 198 g/mol. The lowest BCUT2D eigenvalue weighted by molar-refractivity contribution is 0.362. The maximum absolute atomic E-state index is 5.65. The van der Waals surface area contributed by atoms with Crippen molar-refractivity contribution >= 4 is 5.57 Å². The van der Waals surface area contributed by atoms with Crippen LogP contribution in [0.5, 0.6) is 5.75 Å². The molecule has 0 bridgehead atoms. The molecule has 0 unspecified atom stereocenters. The molecule has 0 aromatic heterocycles. The Hall–Kier alpha value is -1.76.